The Labute approximate surface area is 142 Å². The smallest absolute Gasteiger partial charge is 0.191 e. The summed E-state index contributed by atoms with van der Waals surface area (Å²) in [6.45, 7) is 4.71. The molecule has 1 aliphatic rings. The molecule has 3 rings (SSSR count). The van der Waals surface area contributed by atoms with Gasteiger partial charge in [-0.25, -0.2) is 0 Å². The number of hydrogen-bond acceptors (Lipinski definition) is 3. The van der Waals surface area contributed by atoms with Crippen LogP contribution in [-0.4, -0.2) is 36.6 Å². The molecule has 124 valence electrons. The Morgan fingerprint density at radius 1 is 1.35 bits per heavy atom. The minimum Gasteiger partial charge on any atom is -0.461 e. The van der Waals surface area contributed by atoms with E-state index in [1.165, 1.54) is 24.0 Å². The van der Waals surface area contributed by atoms with Crippen LogP contribution in [-0.2, 0) is 6.42 Å². The number of para-hydroxylation sites is 1. The predicted molar refractivity (Wildman–Crippen MR) is 99.4 cm³/mol. The molecular weight excluding hydrogens is 306 g/mol. The molecular formula is C18H25N3OS. The number of fused-ring (bicyclic) bond motifs is 1. The summed E-state index contributed by atoms with van der Waals surface area (Å²) in [6.07, 6.45) is 3.49. The van der Waals surface area contributed by atoms with Crippen LogP contribution in [0.1, 0.15) is 25.5 Å². The lowest BCUT2D eigenvalue weighted by molar-refractivity contribution is 0.544. The number of guanidine groups is 1. The Kier molecular flexibility index (Phi) is 5.86. The molecule has 1 fully saturated rings. The number of benzene rings is 1. The Hall–Kier alpha value is -1.62. The summed E-state index contributed by atoms with van der Waals surface area (Å²) in [5.74, 6) is 3.22. The maximum Gasteiger partial charge on any atom is 0.191 e. The summed E-state index contributed by atoms with van der Waals surface area (Å²) in [5.41, 5.74) is 0.960. The van der Waals surface area contributed by atoms with Crippen molar-refractivity contribution in [3.05, 3.63) is 36.1 Å². The normalized spacial score (nSPS) is 18.5. The third kappa shape index (κ3) is 4.67. The second-order valence-electron chi connectivity index (χ2n) is 5.78. The first-order valence-corrected chi connectivity index (χ1v) is 9.51. The summed E-state index contributed by atoms with van der Waals surface area (Å²) in [4.78, 5) is 4.71. The molecule has 5 heteroatoms. The molecule has 4 nitrogen and oxygen atoms in total. The molecule has 1 unspecified atom stereocenters. The van der Waals surface area contributed by atoms with Gasteiger partial charge in [0.2, 0.25) is 0 Å². The molecule has 2 N–H and O–H groups in total. The molecule has 0 spiro atoms. The fourth-order valence-electron chi connectivity index (χ4n) is 2.79. The quantitative estimate of drug-likeness (QED) is 0.629. The summed E-state index contributed by atoms with van der Waals surface area (Å²) >= 11 is 2.05. The summed E-state index contributed by atoms with van der Waals surface area (Å²) in [5, 5.41) is 8.59. The SMILES string of the molecule is CCNC(=NCC1CCCS1)NCCc1cc2ccccc2o1. The lowest BCUT2D eigenvalue weighted by atomic mass is 10.2. The van der Waals surface area contributed by atoms with Gasteiger partial charge in [-0.1, -0.05) is 18.2 Å². The van der Waals surface area contributed by atoms with E-state index in [1.807, 2.05) is 30.0 Å². The van der Waals surface area contributed by atoms with E-state index in [0.29, 0.717) is 5.25 Å². The van der Waals surface area contributed by atoms with Crippen molar-refractivity contribution in [2.75, 3.05) is 25.4 Å². The van der Waals surface area contributed by atoms with Gasteiger partial charge in [0.1, 0.15) is 11.3 Å². The zero-order valence-corrected chi connectivity index (χ0v) is 14.5. The van der Waals surface area contributed by atoms with Crippen molar-refractivity contribution in [1.82, 2.24) is 10.6 Å². The molecule has 0 bridgehead atoms. The minimum absolute atomic E-state index is 0.695. The standard InChI is InChI=1S/C18H25N3OS/c1-2-19-18(21-13-16-7-5-11-23-16)20-10-9-15-12-14-6-3-4-8-17(14)22-15/h3-4,6,8,12,16H,2,5,7,9-11,13H2,1H3,(H2,19,20,21). The molecule has 0 radical (unpaired) electrons. The van der Waals surface area contributed by atoms with E-state index < -0.39 is 0 Å². The topological polar surface area (TPSA) is 49.6 Å². The maximum atomic E-state index is 5.85. The van der Waals surface area contributed by atoms with Crippen molar-refractivity contribution >= 4 is 28.7 Å². The first kappa shape index (κ1) is 16.2. The monoisotopic (exact) mass is 331 g/mol. The number of aliphatic imine (C=N–C) groups is 1. The zero-order chi connectivity index (χ0) is 15.9. The Bertz CT molecular complexity index is 614. The van der Waals surface area contributed by atoms with Gasteiger partial charge in [0.05, 0.1) is 6.54 Å². The van der Waals surface area contributed by atoms with Gasteiger partial charge in [-0.05, 0) is 37.7 Å². The van der Waals surface area contributed by atoms with E-state index in [0.717, 1.165) is 43.4 Å². The first-order valence-electron chi connectivity index (χ1n) is 8.46. The van der Waals surface area contributed by atoms with Crippen molar-refractivity contribution in [2.45, 2.75) is 31.4 Å². The number of nitrogens with zero attached hydrogens (tertiary/aromatic N) is 1. The van der Waals surface area contributed by atoms with Gasteiger partial charge in [0.25, 0.3) is 0 Å². The van der Waals surface area contributed by atoms with Crippen LogP contribution in [0.15, 0.2) is 39.7 Å². The Morgan fingerprint density at radius 2 is 2.26 bits per heavy atom. The molecule has 0 amide bonds. The Balaban J connectivity index is 1.50. The minimum atomic E-state index is 0.695. The maximum absolute atomic E-state index is 5.85. The van der Waals surface area contributed by atoms with E-state index >= 15 is 0 Å². The average Bonchev–Trinajstić information content (AvgIpc) is 3.21. The highest BCUT2D eigenvalue weighted by Gasteiger charge is 2.15. The fourth-order valence-corrected chi connectivity index (χ4v) is 3.97. The van der Waals surface area contributed by atoms with Crippen LogP contribution in [0.3, 0.4) is 0 Å². The van der Waals surface area contributed by atoms with Crippen LogP contribution in [0.4, 0.5) is 0 Å². The lowest BCUT2D eigenvalue weighted by Crippen LogP contribution is -2.38. The van der Waals surface area contributed by atoms with E-state index in [1.54, 1.807) is 0 Å². The molecule has 1 saturated heterocycles. The van der Waals surface area contributed by atoms with E-state index in [-0.39, 0.29) is 0 Å². The largest absolute Gasteiger partial charge is 0.461 e. The molecule has 1 aromatic carbocycles. The third-order valence-electron chi connectivity index (χ3n) is 3.96. The van der Waals surface area contributed by atoms with Crippen molar-refractivity contribution < 1.29 is 4.42 Å². The molecule has 2 aromatic rings. The van der Waals surface area contributed by atoms with Crippen LogP contribution in [0.2, 0.25) is 0 Å². The molecule has 0 saturated carbocycles. The van der Waals surface area contributed by atoms with E-state index in [9.17, 15) is 0 Å². The molecule has 0 aliphatic carbocycles. The van der Waals surface area contributed by atoms with Crippen LogP contribution < -0.4 is 10.6 Å². The van der Waals surface area contributed by atoms with E-state index in [4.69, 9.17) is 9.41 Å². The molecule has 1 atom stereocenters. The number of thioether (sulfide) groups is 1. The van der Waals surface area contributed by atoms with Gasteiger partial charge in [-0.2, -0.15) is 11.8 Å². The van der Waals surface area contributed by atoms with Gasteiger partial charge < -0.3 is 15.1 Å². The molecule has 1 aliphatic heterocycles. The van der Waals surface area contributed by atoms with Crippen LogP contribution in [0.25, 0.3) is 11.0 Å². The molecule has 1 aromatic heterocycles. The zero-order valence-electron chi connectivity index (χ0n) is 13.7. The van der Waals surface area contributed by atoms with Gasteiger partial charge in [-0.15, -0.1) is 0 Å². The van der Waals surface area contributed by atoms with Crippen LogP contribution in [0.5, 0.6) is 0 Å². The number of furan rings is 1. The van der Waals surface area contributed by atoms with Gasteiger partial charge in [0, 0.05) is 30.1 Å². The highest BCUT2D eigenvalue weighted by Crippen LogP contribution is 2.26. The van der Waals surface area contributed by atoms with Gasteiger partial charge in [-0.3, -0.25) is 4.99 Å². The third-order valence-corrected chi connectivity index (χ3v) is 5.34. The Morgan fingerprint density at radius 3 is 3.04 bits per heavy atom. The molecule has 2 heterocycles. The number of rotatable bonds is 6. The van der Waals surface area contributed by atoms with Crippen molar-refractivity contribution in [3.8, 4) is 0 Å². The van der Waals surface area contributed by atoms with Gasteiger partial charge in [0.15, 0.2) is 5.96 Å². The summed E-state index contributed by atoms with van der Waals surface area (Å²) in [7, 11) is 0. The highest BCUT2D eigenvalue weighted by atomic mass is 32.2. The van der Waals surface area contributed by atoms with Gasteiger partial charge >= 0.3 is 0 Å². The highest BCUT2D eigenvalue weighted by molar-refractivity contribution is 8.00. The second-order valence-corrected chi connectivity index (χ2v) is 7.19. The first-order chi connectivity index (χ1) is 11.3. The summed E-state index contributed by atoms with van der Waals surface area (Å²) < 4.78 is 5.85. The van der Waals surface area contributed by atoms with E-state index in [2.05, 4.69) is 29.7 Å². The van der Waals surface area contributed by atoms with Crippen molar-refractivity contribution in [1.29, 1.82) is 0 Å². The second kappa shape index (κ2) is 8.29. The van der Waals surface area contributed by atoms with Crippen molar-refractivity contribution in [2.24, 2.45) is 4.99 Å². The molecule has 23 heavy (non-hydrogen) atoms. The predicted octanol–water partition coefficient (Wildman–Crippen LogP) is 3.43. The number of hydrogen-bond donors (Lipinski definition) is 2. The lowest BCUT2D eigenvalue weighted by Gasteiger charge is -2.12. The fraction of sp³-hybridized carbons (Fsp3) is 0.500. The van der Waals surface area contributed by atoms with Crippen molar-refractivity contribution in [3.63, 3.8) is 0 Å². The van der Waals surface area contributed by atoms with Crippen LogP contribution >= 0.6 is 11.8 Å². The average molecular weight is 331 g/mol. The van der Waals surface area contributed by atoms with Crippen LogP contribution in [0, 0.1) is 0 Å². The number of nitrogens with one attached hydrogen (secondary N) is 2. The summed E-state index contributed by atoms with van der Waals surface area (Å²) in [6, 6.07) is 10.3.